The fourth-order valence-electron chi connectivity index (χ4n) is 1.06. The molecule has 0 bridgehead atoms. The highest BCUT2D eigenvalue weighted by Gasteiger charge is 2.01. The van der Waals surface area contributed by atoms with Crippen LogP contribution >= 0.6 is 11.6 Å². The molecule has 0 aliphatic heterocycles. The summed E-state index contributed by atoms with van der Waals surface area (Å²) in [4.78, 5) is 4.02. The van der Waals surface area contributed by atoms with Gasteiger partial charge in [0, 0.05) is 6.07 Å². The maximum atomic E-state index is 5.70. The van der Waals surface area contributed by atoms with Gasteiger partial charge in [0.15, 0.2) is 5.65 Å². The Hall–Kier alpha value is -1.29. The molecule has 2 aromatic rings. The summed E-state index contributed by atoms with van der Waals surface area (Å²) in [5, 5.41) is 4.56. The molecule has 0 unspecified atom stereocenters. The Kier molecular flexibility index (Phi) is 2.06. The molecule has 0 aromatic carbocycles. The number of rotatable bonds is 2. The molecule has 5 heteroatoms. The first-order valence-corrected chi connectivity index (χ1v) is 4.32. The number of nitrogens with zero attached hydrogens (tertiary/aromatic N) is 3. The summed E-state index contributed by atoms with van der Waals surface area (Å²) >= 11 is 5.70. The van der Waals surface area contributed by atoms with E-state index >= 15 is 0 Å². The topological polar surface area (TPSA) is 39.4 Å². The molecule has 13 heavy (non-hydrogen) atoms. The van der Waals surface area contributed by atoms with Crippen molar-refractivity contribution < 1.29 is 4.74 Å². The smallest absolute Gasteiger partial charge is 0.231 e. The molecule has 68 valence electrons. The van der Waals surface area contributed by atoms with Gasteiger partial charge in [0.2, 0.25) is 5.88 Å². The van der Waals surface area contributed by atoms with Gasteiger partial charge in [-0.05, 0) is 13.0 Å². The predicted octanol–water partition coefficient (Wildman–Crippen LogP) is 1.78. The van der Waals surface area contributed by atoms with Gasteiger partial charge in [-0.25, -0.2) is 9.50 Å². The van der Waals surface area contributed by atoms with Gasteiger partial charge >= 0.3 is 0 Å². The second-order valence-electron chi connectivity index (χ2n) is 2.47. The lowest BCUT2D eigenvalue weighted by atomic mass is 10.5. The highest BCUT2D eigenvalue weighted by Crippen LogP contribution is 2.12. The lowest BCUT2D eigenvalue weighted by molar-refractivity contribution is 0.321. The van der Waals surface area contributed by atoms with E-state index in [1.807, 2.05) is 13.0 Å². The zero-order valence-corrected chi connectivity index (χ0v) is 7.82. The van der Waals surface area contributed by atoms with Crippen LogP contribution in [0.25, 0.3) is 5.65 Å². The number of fused-ring (bicyclic) bond motifs is 1. The Bertz CT molecular complexity index is 426. The molecule has 0 radical (unpaired) electrons. The number of hydrogen-bond acceptors (Lipinski definition) is 3. The Labute approximate surface area is 80.1 Å². The van der Waals surface area contributed by atoms with Crippen molar-refractivity contribution in [3.8, 4) is 5.88 Å². The summed E-state index contributed by atoms with van der Waals surface area (Å²) in [6.45, 7) is 2.51. The molecule has 2 heterocycles. The van der Waals surface area contributed by atoms with Gasteiger partial charge in [-0.3, -0.25) is 0 Å². The minimum atomic E-state index is 0.432. The summed E-state index contributed by atoms with van der Waals surface area (Å²) < 4.78 is 6.81. The van der Waals surface area contributed by atoms with Crippen LogP contribution in [0.4, 0.5) is 0 Å². The SMILES string of the molecule is CCOc1ccc2nc(Cl)cn2n1. The van der Waals surface area contributed by atoms with Crippen molar-refractivity contribution in [3.05, 3.63) is 23.5 Å². The fourth-order valence-corrected chi connectivity index (χ4v) is 1.24. The maximum absolute atomic E-state index is 5.70. The molecule has 0 saturated carbocycles. The third kappa shape index (κ3) is 1.58. The molecular weight excluding hydrogens is 190 g/mol. The minimum absolute atomic E-state index is 0.432. The number of aromatic nitrogens is 3. The average Bonchev–Trinajstić information content (AvgIpc) is 2.44. The van der Waals surface area contributed by atoms with Crippen molar-refractivity contribution in [3.63, 3.8) is 0 Å². The standard InChI is InChI=1S/C8H8ClN3O/c1-2-13-8-4-3-7-10-6(9)5-12(7)11-8/h3-5H,2H2,1H3. The van der Waals surface area contributed by atoms with Gasteiger partial charge < -0.3 is 4.74 Å². The van der Waals surface area contributed by atoms with Crippen LogP contribution in [0.15, 0.2) is 18.3 Å². The van der Waals surface area contributed by atoms with Gasteiger partial charge in [0.1, 0.15) is 5.15 Å². The van der Waals surface area contributed by atoms with Crippen LogP contribution < -0.4 is 4.74 Å². The van der Waals surface area contributed by atoms with E-state index < -0.39 is 0 Å². The highest BCUT2D eigenvalue weighted by atomic mass is 35.5. The first-order chi connectivity index (χ1) is 6.29. The summed E-state index contributed by atoms with van der Waals surface area (Å²) in [5.41, 5.74) is 0.716. The summed E-state index contributed by atoms with van der Waals surface area (Å²) in [7, 11) is 0. The number of imidazole rings is 1. The molecule has 0 N–H and O–H groups in total. The van der Waals surface area contributed by atoms with Gasteiger partial charge in [0.05, 0.1) is 12.8 Å². The van der Waals surface area contributed by atoms with Crippen LogP contribution in [-0.2, 0) is 0 Å². The highest BCUT2D eigenvalue weighted by molar-refractivity contribution is 6.29. The van der Waals surface area contributed by atoms with Gasteiger partial charge in [-0.2, -0.15) is 0 Å². The van der Waals surface area contributed by atoms with Crippen molar-refractivity contribution in [1.29, 1.82) is 0 Å². The second kappa shape index (κ2) is 3.22. The molecular formula is C8H8ClN3O. The van der Waals surface area contributed by atoms with E-state index in [9.17, 15) is 0 Å². The molecule has 0 aliphatic rings. The largest absolute Gasteiger partial charge is 0.477 e. The van der Waals surface area contributed by atoms with Gasteiger partial charge in [0.25, 0.3) is 0 Å². The van der Waals surface area contributed by atoms with Crippen LogP contribution in [-0.4, -0.2) is 21.2 Å². The van der Waals surface area contributed by atoms with Crippen molar-refractivity contribution in [2.45, 2.75) is 6.92 Å². The molecule has 2 aromatic heterocycles. The zero-order valence-electron chi connectivity index (χ0n) is 7.07. The first kappa shape index (κ1) is 8.31. The number of ether oxygens (including phenoxy) is 1. The van der Waals surface area contributed by atoms with E-state index in [0.717, 1.165) is 0 Å². The molecule has 0 aliphatic carbocycles. The van der Waals surface area contributed by atoms with Crippen molar-refractivity contribution >= 4 is 17.2 Å². The van der Waals surface area contributed by atoms with Crippen LogP contribution in [0.5, 0.6) is 5.88 Å². The Morgan fingerprint density at radius 2 is 2.38 bits per heavy atom. The molecule has 0 saturated heterocycles. The number of halogens is 1. The summed E-state index contributed by atoms with van der Waals surface area (Å²) in [6, 6.07) is 3.58. The van der Waals surface area contributed by atoms with E-state index in [-0.39, 0.29) is 0 Å². The van der Waals surface area contributed by atoms with E-state index in [0.29, 0.717) is 23.3 Å². The second-order valence-corrected chi connectivity index (χ2v) is 2.86. The molecule has 0 amide bonds. The Morgan fingerprint density at radius 3 is 3.15 bits per heavy atom. The lowest BCUT2D eigenvalue weighted by Crippen LogP contribution is -1.98. The first-order valence-electron chi connectivity index (χ1n) is 3.94. The van der Waals surface area contributed by atoms with Crippen LogP contribution in [0.3, 0.4) is 0 Å². The molecule has 0 atom stereocenters. The monoisotopic (exact) mass is 197 g/mol. The van der Waals surface area contributed by atoms with Crippen molar-refractivity contribution in [2.24, 2.45) is 0 Å². The lowest BCUT2D eigenvalue weighted by Gasteiger charge is -2.00. The number of hydrogen-bond donors (Lipinski definition) is 0. The van der Waals surface area contributed by atoms with Crippen LogP contribution in [0.2, 0.25) is 5.15 Å². The Morgan fingerprint density at radius 1 is 1.54 bits per heavy atom. The normalized spacial score (nSPS) is 10.6. The molecule has 0 spiro atoms. The van der Waals surface area contributed by atoms with Crippen molar-refractivity contribution in [1.82, 2.24) is 14.6 Å². The van der Waals surface area contributed by atoms with E-state index in [2.05, 4.69) is 10.1 Å². The minimum Gasteiger partial charge on any atom is -0.477 e. The van der Waals surface area contributed by atoms with Gasteiger partial charge in [-0.15, -0.1) is 5.10 Å². The zero-order chi connectivity index (χ0) is 9.26. The third-order valence-corrected chi connectivity index (χ3v) is 1.74. The molecule has 2 rings (SSSR count). The van der Waals surface area contributed by atoms with E-state index in [1.165, 1.54) is 0 Å². The van der Waals surface area contributed by atoms with Crippen LogP contribution in [0, 0.1) is 0 Å². The third-order valence-electron chi connectivity index (χ3n) is 1.56. The quantitative estimate of drug-likeness (QED) is 0.737. The fraction of sp³-hybridized carbons (Fsp3) is 0.250. The van der Waals surface area contributed by atoms with Crippen molar-refractivity contribution in [2.75, 3.05) is 6.61 Å². The predicted molar refractivity (Wildman–Crippen MR) is 49.2 cm³/mol. The summed E-state index contributed by atoms with van der Waals surface area (Å²) in [5.74, 6) is 0.573. The van der Waals surface area contributed by atoms with Crippen LogP contribution in [0.1, 0.15) is 6.92 Å². The summed E-state index contributed by atoms with van der Waals surface area (Å²) in [6.07, 6.45) is 1.64. The Balaban J connectivity index is 2.48. The average molecular weight is 198 g/mol. The molecule has 0 fully saturated rings. The van der Waals surface area contributed by atoms with E-state index in [1.54, 1.807) is 16.8 Å². The van der Waals surface area contributed by atoms with Gasteiger partial charge in [-0.1, -0.05) is 11.6 Å². The maximum Gasteiger partial charge on any atom is 0.231 e. The molecule has 4 nitrogen and oxygen atoms in total. The van der Waals surface area contributed by atoms with E-state index in [4.69, 9.17) is 16.3 Å².